The molecular weight excluding hydrogens is 232 g/mol. The first-order valence-electron chi connectivity index (χ1n) is 5.51. The minimum atomic E-state index is -4.02. The first-order chi connectivity index (χ1) is 7.45. The van der Waals surface area contributed by atoms with Gasteiger partial charge in [0, 0.05) is 32.7 Å². The van der Waals surface area contributed by atoms with E-state index in [0.717, 1.165) is 4.31 Å². The monoisotopic (exact) mass is 254 g/mol. The fourth-order valence-electron chi connectivity index (χ4n) is 1.33. The normalized spacial score (nSPS) is 19.0. The molecule has 1 aliphatic rings. The summed E-state index contributed by atoms with van der Waals surface area (Å²) in [7, 11) is -4.02. The highest BCUT2D eigenvalue weighted by Crippen LogP contribution is 2.04. The smallest absolute Gasteiger partial charge is 0.335 e. The van der Waals surface area contributed by atoms with Gasteiger partial charge in [-0.3, -0.25) is 9.45 Å². The summed E-state index contributed by atoms with van der Waals surface area (Å²) >= 11 is 0. The van der Waals surface area contributed by atoms with Crippen LogP contribution in [0.3, 0.4) is 0 Å². The largest absolute Gasteiger partial charge is 0.395 e. The number of β-amino-alcohol motifs (C(OH)–C–C–N with tert-alkyl or cyclic N) is 1. The predicted octanol–water partition coefficient (Wildman–Crippen LogP) is -0.185. The molecule has 1 saturated heterocycles. The second-order valence-electron chi connectivity index (χ2n) is 3.65. The van der Waals surface area contributed by atoms with Gasteiger partial charge < -0.3 is 5.11 Å². The van der Waals surface area contributed by atoms with Crippen LogP contribution in [0.1, 0.15) is 20.3 Å². The van der Waals surface area contributed by atoms with Crippen LogP contribution < -0.4 is 0 Å². The molecule has 0 aromatic heterocycles. The van der Waals surface area contributed by atoms with Gasteiger partial charge in [-0.2, -0.15) is 12.7 Å². The first kappa shape index (κ1) is 15.8. The van der Waals surface area contributed by atoms with Crippen molar-refractivity contribution in [3.05, 3.63) is 0 Å². The van der Waals surface area contributed by atoms with Crippen LogP contribution in [0, 0.1) is 0 Å². The van der Waals surface area contributed by atoms with Crippen molar-refractivity contribution in [1.82, 2.24) is 9.21 Å². The number of rotatable bonds is 3. The SMILES string of the molecule is CCC.O=S(=O)(O)N1CCN(CCO)CC1. The lowest BCUT2D eigenvalue weighted by Gasteiger charge is -2.31. The molecule has 0 aliphatic carbocycles. The molecule has 0 saturated carbocycles. The second kappa shape index (κ2) is 7.97. The Morgan fingerprint density at radius 1 is 1.12 bits per heavy atom. The van der Waals surface area contributed by atoms with E-state index in [0.29, 0.717) is 32.7 Å². The Labute approximate surface area is 97.7 Å². The molecule has 6 nitrogen and oxygen atoms in total. The van der Waals surface area contributed by atoms with Gasteiger partial charge in [0.05, 0.1) is 6.61 Å². The minimum Gasteiger partial charge on any atom is -0.395 e. The quantitative estimate of drug-likeness (QED) is 0.683. The Morgan fingerprint density at radius 3 is 1.88 bits per heavy atom. The fourth-order valence-corrected chi connectivity index (χ4v) is 1.95. The van der Waals surface area contributed by atoms with Crippen LogP contribution in [-0.2, 0) is 10.3 Å². The molecule has 0 unspecified atom stereocenters. The summed E-state index contributed by atoms with van der Waals surface area (Å²) in [6.45, 7) is 6.57. The van der Waals surface area contributed by atoms with Gasteiger partial charge in [0.2, 0.25) is 0 Å². The molecule has 1 rings (SSSR count). The van der Waals surface area contributed by atoms with Gasteiger partial charge in [-0.15, -0.1) is 0 Å². The number of hydrogen-bond donors (Lipinski definition) is 2. The summed E-state index contributed by atoms with van der Waals surface area (Å²) in [6, 6.07) is 0. The van der Waals surface area contributed by atoms with Gasteiger partial charge in [-0.1, -0.05) is 20.3 Å². The molecule has 98 valence electrons. The van der Waals surface area contributed by atoms with Crippen molar-refractivity contribution < 1.29 is 18.1 Å². The summed E-state index contributed by atoms with van der Waals surface area (Å²) in [5, 5.41) is 8.62. The van der Waals surface area contributed by atoms with E-state index in [1.54, 1.807) is 0 Å². The van der Waals surface area contributed by atoms with Crippen LogP contribution in [0.5, 0.6) is 0 Å². The third kappa shape index (κ3) is 6.39. The van der Waals surface area contributed by atoms with Gasteiger partial charge in [-0.25, -0.2) is 0 Å². The summed E-state index contributed by atoms with van der Waals surface area (Å²) in [5.41, 5.74) is 0. The standard InChI is InChI=1S/C6H14N2O4S.C3H8/c9-6-5-7-1-3-8(4-2-7)13(10,11)12;1-3-2/h9H,1-6H2,(H,10,11,12);3H2,1-2H3. The van der Waals surface area contributed by atoms with Crippen LogP contribution >= 0.6 is 0 Å². The van der Waals surface area contributed by atoms with E-state index in [1.165, 1.54) is 6.42 Å². The van der Waals surface area contributed by atoms with Crippen LogP contribution in [0.15, 0.2) is 0 Å². The Morgan fingerprint density at radius 2 is 1.56 bits per heavy atom. The zero-order valence-corrected chi connectivity index (χ0v) is 10.8. The molecule has 0 atom stereocenters. The van der Waals surface area contributed by atoms with Crippen molar-refractivity contribution in [3.8, 4) is 0 Å². The summed E-state index contributed by atoms with van der Waals surface area (Å²) in [4.78, 5) is 1.95. The number of hydrogen-bond acceptors (Lipinski definition) is 4. The van der Waals surface area contributed by atoms with Gasteiger partial charge >= 0.3 is 10.3 Å². The highest BCUT2D eigenvalue weighted by Gasteiger charge is 2.24. The molecule has 0 radical (unpaired) electrons. The lowest BCUT2D eigenvalue weighted by Crippen LogP contribution is -2.49. The minimum absolute atomic E-state index is 0.0753. The van der Waals surface area contributed by atoms with Gasteiger partial charge in [-0.05, 0) is 0 Å². The maximum absolute atomic E-state index is 10.7. The lowest BCUT2D eigenvalue weighted by atomic mass is 10.4. The number of piperazine rings is 1. The molecule has 0 bridgehead atoms. The highest BCUT2D eigenvalue weighted by atomic mass is 32.2. The zero-order valence-electron chi connectivity index (χ0n) is 9.96. The molecule has 7 heteroatoms. The van der Waals surface area contributed by atoms with Crippen molar-refractivity contribution in [2.24, 2.45) is 0 Å². The molecular formula is C9H22N2O4S. The van der Waals surface area contributed by atoms with Crippen LogP contribution in [0.4, 0.5) is 0 Å². The van der Waals surface area contributed by atoms with Gasteiger partial charge in [0.25, 0.3) is 0 Å². The van der Waals surface area contributed by atoms with Crippen molar-refractivity contribution >= 4 is 10.3 Å². The van der Waals surface area contributed by atoms with E-state index >= 15 is 0 Å². The number of nitrogens with zero attached hydrogens (tertiary/aromatic N) is 2. The zero-order chi connectivity index (χ0) is 12.6. The molecule has 0 amide bonds. The van der Waals surface area contributed by atoms with E-state index in [9.17, 15) is 8.42 Å². The molecule has 1 fully saturated rings. The van der Waals surface area contributed by atoms with Crippen molar-refractivity contribution in [3.63, 3.8) is 0 Å². The molecule has 0 aromatic carbocycles. The number of aliphatic hydroxyl groups is 1. The second-order valence-corrected chi connectivity index (χ2v) is 5.06. The van der Waals surface area contributed by atoms with Gasteiger partial charge in [0.1, 0.15) is 0 Å². The highest BCUT2D eigenvalue weighted by molar-refractivity contribution is 7.83. The molecule has 16 heavy (non-hydrogen) atoms. The molecule has 2 N–H and O–H groups in total. The third-order valence-electron chi connectivity index (χ3n) is 2.07. The average Bonchev–Trinajstić information content (AvgIpc) is 2.19. The van der Waals surface area contributed by atoms with Crippen molar-refractivity contribution in [2.45, 2.75) is 20.3 Å². The molecule has 1 heterocycles. The fraction of sp³-hybridized carbons (Fsp3) is 1.00. The Bertz CT molecular complexity index is 261. The Balaban J connectivity index is 0.000000673. The molecule has 1 aliphatic heterocycles. The summed E-state index contributed by atoms with van der Waals surface area (Å²) < 4.78 is 31.0. The first-order valence-corrected chi connectivity index (χ1v) is 6.91. The average molecular weight is 254 g/mol. The van der Waals surface area contributed by atoms with Crippen LogP contribution in [-0.4, -0.2) is 66.6 Å². The lowest BCUT2D eigenvalue weighted by molar-refractivity contribution is 0.147. The molecule has 0 spiro atoms. The van der Waals surface area contributed by atoms with E-state index in [4.69, 9.17) is 9.66 Å². The molecule has 0 aromatic rings. The maximum Gasteiger partial charge on any atom is 0.335 e. The van der Waals surface area contributed by atoms with Crippen LogP contribution in [0.25, 0.3) is 0 Å². The van der Waals surface area contributed by atoms with E-state index < -0.39 is 10.3 Å². The topological polar surface area (TPSA) is 81.1 Å². The van der Waals surface area contributed by atoms with Crippen molar-refractivity contribution in [2.75, 3.05) is 39.3 Å². The van der Waals surface area contributed by atoms with E-state index in [2.05, 4.69) is 13.8 Å². The Kier molecular flexibility index (Phi) is 7.86. The van der Waals surface area contributed by atoms with Crippen LogP contribution in [0.2, 0.25) is 0 Å². The maximum atomic E-state index is 10.7. The van der Waals surface area contributed by atoms with Crippen molar-refractivity contribution in [1.29, 1.82) is 0 Å². The third-order valence-corrected chi connectivity index (χ3v) is 3.09. The number of aliphatic hydroxyl groups excluding tert-OH is 1. The summed E-state index contributed by atoms with van der Waals surface area (Å²) in [5.74, 6) is 0. The van der Waals surface area contributed by atoms with E-state index in [-0.39, 0.29) is 6.61 Å². The van der Waals surface area contributed by atoms with Gasteiger partial charge in [0.15, 0.2) is 0 Å². The van der Waals surface area contributed by atoms with E-state index in [1.807, 2.05) is 4.90 Å². The summed E-state index contributed by atoms with van der Waals surface area (Å²) in [6.07, 6.45) is 1.25. The Hall–Kier alpha value is -0.210. The predicted molar refractivity (Wildman–Crippen MR) is 62.6 cm³/mol.